The summed E-state index contributed by atoms with van der Waals surface area (Å²) in [6.45, 7) is 5.52. The number of benzene rings is 1. The zero-order valence-corrected chi connectivity index (χ0v) is 17.8. The Balaban J connectivity index is 1.47. The Morgan fingerprint density at radius 2 is 2.10 bits per heavy atom. The molecule has 2 N–H and O–H groups in total. The van der Waals surface area contributed by atoms with Crippen molar-refractivity contribution in [2.45, 2.75) is 25.5 Å². The quantitative estimate of drug-likeness (QED) is 0.513. The van der Waals surface area contributed by atoms with Gasteiger partial charge >= 0.3 is 0 Å². The number of rotatable bonds is 12. The van der Waals surface area contributed by atoms with Crippen LogP contribution in [-0.2, 0) is 17.7 Å². The van der Waals surface area contributed by atoms with Gasteiger partial charge in [-0.15, -0.1) is 0 Å². The summed E-state index contributed by atoms with van der Waals surface area (Å²) in [5.41, 5.74) is 2.27. The summed E-state index contributed by atoms with van der Waals surface area (Å²) >= 11 is 0. The molecule has 2 aromatic rings. The fraction of sp³-hybridized carbons (Fsp3) is 0.522. The van der Waals surface area contributed by atoms with Crippen LogP contribution in [0.1, 0.15) is 17.5 Å². The number of methoxy groups -OCH3 is 1. The second-order valence-corrected chi connectivity index (χ2v) is 7.47. The molecular formula is C23H33N3O4. The molecular weight excluding hydrogens is 382 g/mol. The number of pyridine rings is 1. The Morgan fingerprint density at radius 1 is 1.23 bits per heavy atom. The molecule has 1 aliphatic rings. The van der Waals surface area contributed by atoms with Crippen molar-refractivity contribution < 1.29 is 19.3 Å². The number of aliphatic hydroxyl groups excluding tert-OH is 1. The standard InChI is InChI=1S/C23H33N3O4/c1-28-22-8-2-7-20(16-25-10-4-6-19-5-3-9-24-15-19)23(22)30-18-21(27)17-26-11-13-29-14-12-26/h2-3,5,7-9,15,21,25,27H,4,6,10-14,16-18H2,1H3/t21-/m1/s1. The van der Waals surface area contributed by atoms with E-state index in [1.54, 1.807) is 13.3 Å². The second-order valence-electron chi connectivity index (χ2n) is 7.47. The van der Waals surface area contributed by atoms with E-state index in [-0.39, 0.29) is 6.61 Å². The minimum Gasteiger partial charge on any atom is -0.493 e. The molecule has 164 valence electrons. The smallest absolute Gasteiger partial charge is 0.165 e. The van der Waals surface area contributed by atoms with E-state index in [9.17, 15) is 5.11 Å². The van der Waals surface area contributed by atoms with Gasteiger partial charge in [0.05, 0.1) is 20.3 Å². The van der Waals surface area contributed by atoms with Crippen LogP contribution in [0.3, 0.4) is 0 Å². The molecule has 1 aromatic carbocycles. The molecule has 0 bridgehead atoms. The number of aliphatic hydroxyl groups is 1. The second kappa shape index (κ2) is 12.5. The van der Waals surface area contributed by atoms with E-state index < -0.39 is 6.10 Å². The van der Waals surface area contributed by atoms with Crippen molar-refractivity contribution in [2.75, 3.05) is 53.1 Å². The maximum atomic E-state index is 10.4. The van der Waals surface area contributed by atoms with Gasteiger partial charge in [0.15, 0.2) is 11.5 Å². The molecule has 0 aliphatic carbocycles. The summed E-state index contributed by atoms with van der Waals surface area (Å²) in [5, 5.41) is 13.9. The fourth-order valence-corrected chi connectivity index (χ4v) is 3.53. The van der Waals surface area contributed by atoms with Gasteiger partial charge in [0, 0.05) is 44.1 Å². The third kappa shape index (κ3) is 7.25. The highest BCUT2D eigenvalue weighted by atomic mass is 16.5. The van der Waals surface area contributed by atoms with Gasteiger partial charge in [0.1, 0.15) is 12.7 Å². The Morgan fingerprint density at radius 3 is 2.87 bits per heavy atom. The Hall–Kier alpha value is -2.19. The van der Waals surface area contributed by atoms with Gasteiger partial charge in [-0.05, 0) is 37.1 Å². The maximum absolute atomic E-state index is 10.4. The Kier molecular flexibility index (Phi) is 9.37. The molecule has 7 nitrogen and oxygen atoms in total. The summed E-state index contributed by atoms with van der Waals surface area (Å²) in [5.74, 6) is 1.38. The molecule has 1 fully saturated rings. The SMILES string of the molecule is COc1cccc(CNCCCc2cccnc2)c1OC[C@H](O)CN1CCOCC1. The summed E-state index contributed by atoms with van der Waals surface area (Å²) in [6.07, 6.45) is 5.17. The van der Waals surface area contributed by atoms with Gasteiger partial charge in [-0.25, -0.2) is 0 Å². The summed E-state index contributed by atoms with van der Waals surface area (Å²) < 4.78 is 16.8. The monoisotopic (exact) mass is 415 g/mol. The molecule has 1 aliphatic heterocycles. The molecule has 2 heterocycles. The molecule has 30 heavy (non-hydrogen) atoms. The van der Waals surface area contributed by atoms with Crippen LogP contribution in [-0.4, -0.2) is 74.2 Å². The lowest BCUT2D eigenvalue weighted by molar-refractivity contribution is 0.00436. The highest BCUT2D eigenvalue weighted by Crippen LogP contribution is 2.31. The van der Waals surface area contributed by atoms with E-state index in [1.165, 1.54) is 5.56 Å². The van der Waals surface area contributed by atoms with Crippen LogP contribution in [0, 0.1) is 0 Å². The average Bonchev–Trinajstić information content (AvgIpc) is 2.79. The molecule has 0 spiro atoms. The molecule has 7 heteroatoms. The van der Waals surface area contributed by atoms with Crippen LogP contribution >= 0.6 is 0 Å². The van der Waals surface area contributed by atoms with E-state index in [2.05, 4.69) is 21.3 Å². The van der Waals surface area contributed by atoms with E-state index in [1.807, 2.05) is 30.5 Å². The normalized spacial score (nSPS) is 15.7. The van der Waals surface area contributed by atoms with Crippen molar-refractivity contribution in [1.29, 1.82) is 0 Å². The summed E-state index contributed by atoms with van der Waals surface area (Å²) in [4.78, 5) is 6.35. The largest absolute Gasteiger partial charge is 0.493 e. The minimum absolute atomic E-state index is 0.228. The van der Waals surface area contributed by atoms with Crippen molar-refractivity contribution in [2.24, 2.45) is 0 Å². The number of ether oxygens (including phenoxy) is 3. The van der Waals surface area contributed by atoms with E-state index in [0.29, 0.717) is 24.6 Å². The lowest BCUT2D eigenvalue weighted by Crippen LogP contribution is -2.42. The molecule has 0 amide bonds. The summed E-state index contributed by atoms with van der Waals surface area (Å²) in [7, 11) is 1.64. The first-order chi connectivity index (χ1) is 14.8. The number of β-amino-alcohol motifs (C(OH)–C–C–N with tert-alkyl or cyclic N) is 1. The van der Waals surface area contributed by atoms with Crippen molar-refractivity contribution in [1.82, 2.24) is 15.2 Å². The summed E-state index contributed by atoms with van der Waals surface area (Å²) in [6, 6.07) is 9.94. The minimum atomic E-state index is -0.562. The third-order valence-electron chi connectivity index (χ3n) is 5.13. The lowest BCUT2D eigenvalue weighted by atomic mass is 10.1. The highest BCUT2D eigenvalue weighted by Gasteiger charge is 2.17. The number of nitrogens with one attached hydrogen (secondary N) is 1. The number of para-hydroxylation sites is 1. The van der Waals surface area contributed by atoms with Crippen LogP contribution in [0.2, 0.25) is 0 Å². The van der Waals surface area contributed by atoms with Crippen molar-refractivity contribution in [3.8, 4) is 11.5 Å². The molecule has 0 saturated carbocycles. The van der Waals surface area contributed by atoms with Crippen molar-refractivity contribution >= 4 is 0 Å². The highest BCUT2D eigenvalue weighted by molar-refractivity contribution is 5.46. The van der Waals surface area contributed by atoms with Gasteiger partial charge in [-0.3, -0.25) is 9.88 Å². The molecule has 1 atom stereocenters. The van der Waals surface area contributed by atoms with Crippen LogP contribution < -0.4 is 14.8 Å². The van der Waals surface area contributed by atoms with Crippen LogP contribution in [0.4, 0.5) is 0 Å². The van der Waals surface area contributed by atoms with Gasteiger partial charge < -0.3 is 24.6 Å². The van der Waals surface area contributed by atoms with Crippen molar-refractivity contribution in [3.63, 3.8) is 0 Å². The number of morpholine rings is 1. The molecule has 0 radical (unpaired) electrons. The number of nitrogens with zero attached hydrogens (tertiary/aromatic N) is 2. The molecule has 3 rings (SSSR count). The van der Waals surface area contributed by atoms with Gasteiger partial charge in [-0.2, -0.15) is 0 Å². The van der Waals surface area contributed by atoms with Crippen LogP contribution in [0.5, 0.6) is 11.5 Å². The van der Waals surface area contributed by atoms with E-state index in [0.717, 1.165) is 51.3 Å². The lowest BCUT2D eigenvalue weighted by Gasteiger charge is -2.28. The van der Waals surface area contributed by atoms with E-state index in [4.69, 9.17) is 14.2 Å². The van der Waals surface area contributed by atoms with Crippen LogP contribution in [0.25, 0.3) is 0 Å². The van der Waals surface area contributed by atoms with Gasteiger partial charge in [0.2, 0.25) is 0 Å². The Bertz CT molecular complexity index is 738. The first-order valence-electron chi connectivity index (χ1n) is 10.6. The number of hydrogen-bond acceptors (Lipinski definition) is 7. The predicted octanol–water partition coefficient (Wildman–Crippen LogP) is 1.88. The average molecular weight is 416 g/mol. The van der Waals surface area contributed by atoms with Crippen LogP contribution in [0.15, 0.2) is 42.7 Å². The third-order valence-corrected chi connectivity index (χ3v) is 5.13. The zero-order valence-electron chi connectivity index (χ0n) is 17.8. The number of aryl methyl sites for hydroxylation is 1. The van der Waals surface area contributed by atoms with E-state index >= 15 is 0 Å². The number of aromatic nitrogens is 1. The van der Waals surface area contributed by atoms with Gasteiger partial charge in [0.25, 0.3) is 0 Å². The van der Waals surface area contributed by atoms with Gasteiger partial charge in [-0.1, -0.05) is 18.2 Å². The first-order valence-corrected chi connectivity index (χ1v) is 10.6. The molecule has 1 saturated heterocycles. The maximum Gasteiger partial charge on any atom is 0.165 e. The molecule has 1 aromatic heterocycles. The fourth-order valence-electron chi connectivity index (χ4n) is 3.53. The topological polar surface area (TPSA) is 76.1 Å². The van der Waals surface area contributed by atoms with Crippen molar-refractivity contribution in [3.05, 3.63) is 53.9 Å². The Labute approximate surface area is 179 Å². The zero-order chi connectivity index (χ0) is 21.0. The number of hydrogen-bond donors (Lipinski definition) is 2. The molecule has 0 unspecified atom stereocenters. The predicted molar refractivity (Wildman–Crippen MR) is 116 cm³/mol. The first kappa shape index (κ1) is 22.5.